The van der Waals surface area contributed by atoms with E-state index in [0.29, 0.717) is 31.8 Å². The Bertz CT molecular complexity index is 637. The van der Waals surface area contributed by atoms with Gasteiger partial charge in [0, 0.05) is 31.7 Å². The predicted octanol–water partition coefficient (Wildman–Crippen LogP) is 2.51. The lowest BCUT2D eigenvalue weighted by Gasteiger charge is -2.11. The van der Waals surface area contributed by atoms with E-state index in [1.54, 1.807) is 6.26 Å². The fourth-order valence-corrected chi connectivity index (χ4v) is 2.21. The summed E-state index contributed by atoms with van der Waals surface area (Å²) in [6, 6.07) is 7.78. The lowest BCUT2D eigenvalue weighted by Crippen LogP contribution is -2.38. The van der Waals surface area contributed by atoms with Crippen molar-refractivity contribution in [2.75, 3.05) is 19.7 Å². The van der Waals surface area contributed by atoms with Crippen LogP contribution >= 0.6 is 0 Å². The van der Waals surface area contributed by atoms with Crippen molar-refractivity contribution in [3.63, 3.8) is 0 Å². The van der Waals surface area contributed by atoms with Gasteiger partial charge >= 0.3 is 6.03 Å². The molecule has 1 heterocycles. The Morgan fingerprint density at radius 3 is 2.75 bits per heavy atom. The van der Waals surface area contributed by atoms with E-state index in [0.717, 1.165) is 11.3 Å². The lowest BCUT2D eigenvalue weighted by molar-refractivity contribution is 0.234. The van der Waals surface area contributed by atoms with Gasteiger partial charge in [-0.1, -0.05) is 24.6 Å². The summed E-state index contributed by atoms with van der Waals surface area (Å²) in [5.74, 6) is 0.848. The number of carbonyl (C=O) groups excluding carboxylic acids is 1. The highest BCUT2D eigenvalue weighted by atomic mass is 16.3. The average molecular weight is 331 g/mol. The molecule has 2 amide bonds. The molecule has 3 N–H and O–H groups in total. The van der Waals surface area contributed by atoms with Crippen LogP contribution < -0.4 is 10.6 Å². The normalized spacial score (nSPS) is 12.0. The summed E-state index contributed by atoms with van der Waals surface area (Å²) in [7, 11) is 0. The molecular formula is C18H25N3O3. The van der Waals surface area contributed by atoms with Crippen LogP contribution in [0, 0.1) is 12.8 Å². The van der Waals surface area contributed by atoms with Gasteiger partial charge in [-0.25, -0.2) is 9.78 Å². The third kappa shape index (κ3) is 5.70. The molecule has 0 aliphatic carbocycles. The monoisotopic (exact) mass is 331 g/mol. The first-order chi connectivity index (χ1) is 11.6. The number of oxazole rings is 1. The SMILES string of the molecule is Cc1ccc(-c2nc(CCNC(=O)NCC(C)CCO)co2)cc1. The zero-order chi connectivity index (χ0) is 17.4. The van der Waals surface area contributed by atoms with Gasteiger partial charge < -0.3 is 20.2 Å². The molecule has 1 aromatic carbocycles. The van der Waals surface area contributed by atoms with Gasteiger partial charge in [-0.2, -0.15) is 0 Å². The van der Waals surface area contributed by atoms with E-state index in [-0.39, 0.29) is 18.6 Å². The smallest absolute Gasteiger partial charge is 0.314 e. The number of nitrogens with zero attached hydrogens (tertiary/aromatic N) is 1. The first-order valence-corrected chi connectivity index (χ1v) is 8.22. The molecule has 2 rings (SSSR count). The molecule has 24 heavy (non-hydrogen) atoms. The average Bonchev–Trinajstić information content (AvgIpc) is 3.03. The maximum atomic E-state index is 11.7. The van der Waals surface area contributed by atoms with E-state index in [4.69, 9.17) is 9.52 Å². The van der Waals surface area contributed by atoms with Gasteiger partial charge in [-0.05, 0) is 31.4 Å². The summed E-state index contributed by atoms with van der Waals surface area (Å²) >= 11 is 0. The van der Waals surface area contributed by atoms with E-state index in [1.807, 2.05) is 38.1 Å². The van der Waals surface area contributed by atoms with Crippen LogP contribution in [0.1, 0.15) is 24.6 Å². The van der Waals surface area contributed by atoms with Crippen LogP contribution in [0.15, 0.2) is 34.9 Å². The fourth-order valence-electron chi connectivity index (χ4n) is 2.21. The van der Waals surface area contributed by atoms with Gasteiger partial charge in [0.15, 0.2) is 0 Å². The van der Waals surface area contributed by atoms with E-state index < -0.39 is 0 Å². The first kappa shape index (κ1) is 18.0. The molecule has 1 aromatic heterocycles. The lowest BCUT2D eigenvalue weighted by atomic mass is 10.1. The number of benzene rings is 1. The number of rotatable bonds is 8. The number of aromatic nitrogens is 1. The van der Waals surface area contributed by atoms with E-state index in [9.17, 15) is 4.79 Å². The molecule has 6 heteroatoms. The summed E-state index contributed by atoms with van der Waals surface area (Å²) in [6.45, 7) is 5.19. The van der Waals surface area contributed by atoms with Crippen LogP contribution in [0.5, 0.6) is 0 Å². The second-order valence-corrected chi connectivity index (χ2v) is 6.01. The molecular weight excluding hydrogens is 306 g/mol. The standard InChI is InChI=1S/C18H25N3O3/c1-13-3-5-15(6-4-13)17-21-16(12-24-17)7-9-19-18(23)20-11-14(2)8-10-22/h3-6,12,14,22H,7-11H2,1-2H3,(H2,19,20,23). The van der Waals surface area contributed by atoms with E-state index in [1.165, 1.54) is 5.56 Å². The van der Waals surface area contributed by atoms with Gasteiger partial charge in [0.1, 0.15) is 6.26 Å². The number of aliphatic hydroxyl groups is 1. The predicted molar refractivity (Wildman–Crippen MR) is 92.6 cm³/mol. The minimum atomic E-state index is -0.206. The molecule has 0 bridgehead atoms. The number of hydrogen-bond acceptors (Lipinski definition) is 4. The molecule has 0 saturated heterocycles. The second-order valence-electron chi connectivity index (χ2n) is 6.01. The Morgan fingerprint density at radius 2 is 2.04 bits per heavy atom. The van der Waals surface area contributed by atoms with Gasteiger partial charge in [0.25, 0.3) is 0 Å². The van der Waals surface area contributed by atoms with Crippen molar-refractivity contribution in [3.05, 3.63) is 41.8 Å². The minimum absolute atomic E-state index is 0.139. The van der Waals surface area contributed by atoms with Crippen LogP contribution in [0.4, 0.5) is 4.79 Å². The third-order valence-corrected chi connectivity index (χ3v) is 3.75. The van der Waals surface area contributed by atoms with E-state index >= 15 is 0 Å². The molecule has 6 nitrogen and oxygen atoms in total. The van der Waals surface area contributed by atoms with Crippen molar-refractivity contribution >= 4 is 6.03 Å². The number of carbonyl (C=O) groups is 1. The van der Waals surface area contributed by atoms with Crippen molar-refractivity contribution in [1.82, 2.24) is 15.6 Å². The summed E-state index contributed by atoms with van der Waals surface area (Å²) in [5.41, 5.74) is 2.93. The van der Waals surface area contributed by atoms with Crippen molar-refractivity contribution < 1.29 is 14.3 Å². The molecule has 130 valence electrons. The summed E-state index contributed by atoms with van der Waals surface area (Å²) in [5, 5.41) is 14.4. The largest absolute Gasteiger partial charge is 0.444 e. The van der Waals surface area contributed by atoms with Crippen molar-refractivity contribution in [2.45, 2.75) is 26.7 Å². The highest BCUT2D eigenvalue weighted by Crippen LogP contribution is 2.19. The van der Waals surface area contributed by atoms with E-state index in [2.05, 4.69) is 15.6 Å². The van der Waals surface area contributed by atoms with Crippen LogP contribution in [0.25, 0.3) is 11.5 Å². The Morgan fingerprint density at radius 1 is 1.29 bits per heavy atom. The maximum absolute atomic E-state index is 11.7. The van der Waals surface area contributed by atoms with Crippen LogP contribution in [0.2, 0.25) is 0 Å². The van der Waals surface area contributed by atoms with Crippen LogP contribution in [-0.2, 0) is 6.42 Å². The Labute approximate surface area is 142 Å². The molecule has 0 spiro atoms. The van der Waals surface area contributed by atoms with Gasteiger partial charge in [0.2, 0.25) is 5.89 Å². The Kier molecular flexibility index (Phi) is 6.81. The molecule has 0 aliphatic heterocycles. The highest BCUT2D eigenvalue weighted by molar-refractivity contribution is 5.73. The number of nitrogens with one attached hydrogen (secondary N) is 2. The molecule has 0 radical (unpaired) electrons. The van der Waals surface area contributed by atoms with Crippen molar-refractivity contribution in [1.29, 1.82) is 0 Å². The van der Waals surface area contributed by atoms with Gasteiger partial charge in [-0.15, -0.1) is 0 Å². The zero-order valence-electron chi connectivity index (χ0n) is 14.2. The number of hydrogen-bond donors (Lipinski definition) is 3. The first-order valence-electron chi connectivity index (χ1n) is 8.22. The second kappa shape index (κ2) is 9.08. The van der Waals surface area contributed by atoms with Gasteiger partial charge in [0.05, 0.1) is 5.69 Å². The Balaban J connectivity index is 1.73. The molecule has 1 atom stereocenters. The van der Waals surface area contributed by atoms with Gasteiger partial charge in [-0.3, -0.25) is 0 Å². The summed E-state index contributed by atoms with van der Waals surface area (Å²) in [6.07, 6.45) is 2.91. The van der Waals surface area contributed by atoms with Crippen LogP contribution in [-0.4, -0.2) is 35.8 Å². The maximum Gasteiger partial charge on any atom is 0.314 e. The topological polar surface area (TPSA) is 87.4 Å². The highest BCUT2D eigenvalue weighted by Gasteiger charge is 2.08. The molecule has 0 saturated carbocycles. The number of amides is 2. The zero-order valence-corrected chi connectivity index (χ0v) is 14.2. The quantitative estimate of drug-likeness (QED) is 0.693. The minimum Gasteiger partial charge on any atom is -0.444 e. The number of aryl methyl sites for hydroxylation is 1. The molecule has 1 unspecified atom stereocenters. The molecule has 0 aliphatic rings. The van der Waals surface area contributed by atoms with Crippen molar-refractivity contribution in [3.8, 4) is 11.5 Å². The number of aliphatic hydroxyl groups excluding tert-OH is 1. The number of urea groups is 1. The third-order valence-electron chi connectivity index (χ3n) is 3.75. The Hall–Kier alpha value is -2.34. The van der Waals surface area contributed by atoms with Crippen molar-refractivity contribution in [2.24, 2.45) is 5.92 Å². The summed E-state index contributed by atoms with van der Waals surface area (Å²) < 4.78 is 5.49. The molecule has 0 fully saturated rings. The molecule has 2 aromatic rings. The fraction of sp³-hybridized carbons (Fsp3) is 0.444. The van der Waals surface area contributed by atoms with Crippen LogP contribution in [0.3, 0.4) is 0 Å². The summed E-state index contributed by atoms with van der Waals surface area (Å²) in [4.78, 5) is 16.1.